The van der Waals surface area contributed by atoms with Gasteiger partial charge >= 0.3 is 0 Å². The molecule has 0 saturated carbocycles. The van der Waals surface area contributed by atoms with Crippen LogP contribution in [-0.4, -0.2) is 0 Å². The minimum atomic E-state index is 1.24. The Morgan fingerprint density at radius 3 is 0.797 bits per heavy atom. The first kappa shape index (κ1) is 56.2. The van der Waals surface area contributed by atoms with Gasteiger partial charge in [0.2, 0.25) is 0 Å². The van der Waals surface area contributed by atoms with Gasteiger partial charge in [-0.2, -0.15) is 0 Å². The molecule has 0 atom stereocenters. The first-order valence-electron chi connectivity index (χ1n) is 28.3. The minimum Gasteiger partial charge on any atom is -0.202 e. The van der Waals surface area contributed by atoms with Gasteiger partial charge in [0.1, 0.15) is 6.54 Å². The number of aromatic nitrogens is 1. The molecule has 1 aromatic rings. The van der Waals surface area contributed by atoms with E-state index in [1.807, 2.05) is 0 Å². The predicted octanol–water partition coefficient (Wildman–Crippen LogP) is 20.5. The zero-order valence-corrected chi connectivity index (χ0v) is 41.5. The van der Waals surface area contributed by atoms with E-state index >= 15 is 0 Å². The average molecular weight is 824 g/mol. The molecule has 1 heteroatoms. The van der Waals surface area contributed by atoms with Crippen LogP contribution in [0.5, 0.6) is 0 Å². The second-order valence-corrected chi connectivity index (χ2v) is 19.7. The second kappa shape index (κ2) is 48.2. The van der Waals surface area contributed by atoms with Crippen LogP contribution in [0.25, 0.3) is 0 Å². The number of rotatable bonds is 50. The highest BCUT2D eigenvalue weighted by Gasteiger charge is 2.15. The lowest BCUT2D eigenvalue weighted by Gasteiger charge is -2.11. The van der Waals surface area contributed by atoms with E-state index in [1.165, 1.54) is 321 Å². The lowest BCUT2D eigenvalue weighted by atomic mass is 9.99. The molecule has 0 saturated heterocycles. The molecule has 0 unspecified atom stereocenters. The van der Waals surface area contributed by atoms with Gasteiger partial charge in [0.05, 0.1) is 0 Å². The van der Waals surface area contributed by atoms with Gasteiger partial charge in [-0.1, -0.05) is 297 Å². The highest BCUT2D eigenvalue weighted by molar-refractivity contribution is 5.16. The fraction of sp³-hybridized carbons (Fsp3) is 0.914. The summed E-state index contributed by atoms with van der Waals surface area (Å²) in [7, 11) is 0. The fourth-order valence-electron chi connectivity index (χ4n) is 9.73. The maximum Gasteiger partial charge on any atom is 0.184 e. The smallest absolute Gasteiger partial charge is 0.184 e. The van der Waals surface area contributed by atoms with Crippen LogP contribution < -0.4 is 4.57 Å². The number of aryl methyl sites for hydroxylation is 2. The topological polar surface area (TPSA) is 3.88 Å². The quantitative estimate of drug-likeness (QED) is 0.0455. The molecule has 1 rings (SSSR count). The molecule has 0 aliphatic rings. The summed E-state index contributed by atoms with van der Waals surface area (Å²) < 4.78 is 2.70. The van der Waals surface area contributed by atoms with Gasteiger partial charge in [0.25, 0.3) is 0 Å². The molecule has 0 aliphatic carbocycles. The van der Waals surface area contributed by atoms with Crippen LogP contribution in [0.4, 0.5) is 0 Å². The van der Waals surface area contributed by atoms with Crippen molar-refractivity contribution in [2.75, 3.05) is 0 Å². The molecule has 1 aromatic heterocycles. The number of hydrogen-bond acceptors (Lipinski definition) is 0. The summed E-state index contributed by atoms with van der Waals surface area (Å²) in [6.45, 7) is 8.19. The van der Waals surface area contributed by atoms with Crippen LogP contribution >= 0.6 is 0 Å². The van der Waals surface area contributed by atoms with E-state index in [4.69, 9.17) is 0 Å². The fourth-order valence-corrected chi connectivity index (χ4v) is 9.73. The Labute approximate surface area is 374 Å². The average Bonchev–Trinajstić information content (AvgIpc) is 3.25. The summed E-state index contributed by atoms with van der Waals surface area (Å²) in [4.78, 5) is 0. The Balaban J connectivity index is 2.30. The molecule has 0 radical (unpaired) electrons. The summed E-state index contributed by atoms with van der Waals surface area (Å²) in [5.41, 5.74) is 3.38. The minimum absolute atomic E-state index is 1.24. The molecule has 0 fully saturated rings. The van der Waals surface area contributed by atoms with Crippen LogP contribution in [0.1, 0.15) is 334 Å². The highest BCUT2D eigenvalue weighted by Crippen LogP contribution is 2.19. The van der Waals surface area contributed by atoms with Crippen molar-refractivity contribution in [3.8, 4) is 0 Å². The molecular weight excluding hydrogens is 711 g/mol. The summed E-state index contributed by atoms with van der Waals surface area (Å²) in [6.07, 6.45) is 73.2. The van der Waals surface area contributed by atoms with Crippen LogP contribution in [0.3, 0.4) is 0 Å². The third kappa shape index (κ3) is 39.7. The van der Waals surface area contributed by atoms with E-state index in [1.54, 1.807) is 11.3 Å². The Morgan fingerprint density at radius 2 is 0.508 bits per heavy atom. The molecule has 0 N–H and O–H groups in total. The number of pyridine rings is 1. The van der Waals surface area contributed by atoms with Gasteiger partial charge in [-0.05, 0) is 31.7 Å². The van der Waals surface area contributed by atoms with Crippen molar-refractivity contribution in [3.05, 3.63) is 29.6 Å². The van der Waals surface area contributed by atoms with E-state index in [-0.39, 0.29) is 0 Å². The molecule has 59 heavy (non-hydrogen) atoms. The largest absolute Gasteiger partial charge is 0.202 e. The lowest BCUT2D eigenvalue weighted by Crippen LogP contribution is -2.39. The first-order chi connectivity index (χ1) is 29.3. The van der Waals surface area contributed by atoms with Crippen LogP contribution in [0.2, 0.25) is 0 Å². The van der Waals surface area contributed by atoms with Gasteiger partial charge in [-0.3, -0.25) is 0 Å². The van der Waals surface area contributed by atoms with Crippen molar-refractivity contribution in [2.45, 2.75) is 342 Å². The SMILES string of the molecule is CCCCCCCCCCCCCCCCCCCc1ccc[n+](CCCCCCCCCCCCCCC)c1CCCCCCCCCCCCCCCCCCC. The second-order valence-electron chi connectivity index (χ2n) is 19.7. The van der Waals surface area contributed by atoms with Gasteiger partial charge in [0, 0.05) is 24.5 Å². The van der Waals surface area contributed by atoms with Crippen LogP contribution in [-0.2, 0) is 19.4 Å². The normalized spacial score (nSPS) is 11.6. The van der Waals surface area contributed by atoms with E-state index in [0.717, 1.165) is 0 Å². The zero-order valence-electron chi connectivity index (χ0n) is 41.5. The first-order valence-corrected chi connectivity index (χ1v) is 28.3. The lowest BCUT2D eigenvalue weighted by molar-refractivity contribution is -0.705. The Bertz CT molecular complexity index is 920. The summed E-state index contributed by atoms with van der Waals surface area (Å²) in [6, 6.07) is 4.87. The molecule has 0 spiro atoms. The molecule has 1 nitrogen and oxygen atoms in total. The van der Waals surface area contributed by atoms with Crippen molar-refractivity contribution in [1.82, 2.24) is 0 Å². The van der Waals surface area contributed by atoms with E-state index < -0.39 is 0 Å². The highest BCUT2D eigenvalue weighted by atomic mass is 15.0. The summed E-state index contributed by atoms with van der Waals surface area (Å²) in [5, 5.41) is 0. The molecule has 0 amide bonds. The maximum absolute atomic E-state index is 2.70. The van der Waals surface area contributed by atoms with E-state index in [9.17, 15) is 0 Å². The Hall–Kier alpha value is -0.850. The van der Waals surface area contributed by atoms with Crippen LogP contribution in [0, 0.1) is 0 Å². The third-order valence-electron chi connectivity index (χ3n) is 13.9. The third-order valence-corrected chi connectivity index (χ3v) is 13.9. The predicted molar refractivity (Wildman–Crippen MR) is 268 cm³/mol. The van der Waals surface area contributed by atoms with Crippen molar-refractivity contribution in [2.24, 2.45) is 0 Å². The maximum atomic E-state index is 2.70. The van der Waals surface area contributed by atoms with E-state index in [2.05, 4.69) is 43.7 Å². The molecule has 0 aromatic carbocycles. The van der Waals surface area contributed by atoms with Crippen molar-refractivity contribution in [3.63, 3.8) is 0 Å². The van der Waals surface area contributed by atoms with Crippen molar-refractivity contribution < 1.29 is 4.57 Å². The molecule has 348 valence electrons. The van der Waals surface area contributed by atoms with Crippen molar-refractivity contribution in [1.29, 1.82) is 0 Å². The monoisotopic (exact) mass is 823 g/mol. The van der Waals surface area contributed by atoms with Gasteiger partial charge < -0.3 is 0 Å². The van der Waals surface area contributed by atoms with Crippen molar-refractivity contribution >= 4 is 0 Å². The number of nitrogens with zero attached hydrogens (tertiary/aromatic N) is 1. The Kier molecular flexibility index (Phi) is 45.9. The van der Waals surface area contributed by atoms with Crippen LogP contribution in [0.15, 0.2) is 18.3 Å². The number of hydrogen-bond donors (Lipinski definition) is 0. The molecule has 1 heterocycles. The number of unbranched alkanes of at least 4 members (excludes halogenated alkanes) is 44. The van der Waals surface area contributed by atoms with E-state index in [0.29, 0.717) is 0 Å². The standard InChI is InChI=1S/C58H112N/c1-4-7-10-13-16-19-22-25-27-29-31-33-36-39-42-45-48-52-57-53-51-56-59(55-50-47-44-41-38-35-24-21-18-15-12-9-6-3)58(57)54-49-46-43-40-37-34-32-30-28-26-23-20-17-14-11-8-5-2/h51,53,56H,4-50,52,54-55H2,1-3H3/q+1. The van der Waals surface area contributed by atoms with Gasteiger partial charge in [0.15, 0.2) is 11.9 Å². The molecule has 0 bridgehead atoms. The zero-order chi connectivity index (χ0) is 42.2. The summed E-state index contributed by atoms with van der Waals surface area (Å²) in [5.74, 6) is 0. The Morgan fingerprint density at radius 1 is 0.271 bits per heavy atom. The van der Waals surface area contributed by atoms with Gasteiger partial charge in [-0.25, -0.2) is 4.57 Å². The van der Waals surface area contributed by atoms with Gasteiger partial charge in [-0.15, -0.1) is 0 Å². The molecule has 0 aliphatic heterocycles. The molecular formula is C58H112N+. The summed E-state index contributed by atoms with van der Waals surface area (Å²) >= 11 is 0.